The van der Waals surface area contributed by atoms with Crippen molar-refractivity contribution in [3.05, 3.63) is 65.7 Å². The molecule has 0 radical (unpaired) electrons. The minimum Gasteiger partial charge on any atom is -0.476 e. The van der Waals surface area contributed by atoms with Crippen LogP contribution in [0.1, 0.15) is 37.0 Å². The van der Waals surface area contributed by atoms with E-state index in [1.165, 1.54) is 0 Å². The molecule has 0 unspecified atom stereocenters. The van der Waals surface area contributed by atoms with Crippen LogP contribution < -0.4 is 21.7 Å². The number of hydrogen-bond acceptors (Lipinski definition) is 6. The summed E-state index contributed by atoms with van der Waals surface area (Å²) in [5, 5.41) is 9.00. The molecule has 0 atom stereocenters. The van der Waals surface area contributed by atoms with Crippen molar-refractivity contribution in [1.29, 1.82) is 0 Å². The fourth-order valence-corrected chi connectivity index (χ4v) is 2.90. The van der Waals surface area contributed by atoms with Gasteiger partial charge in [-0.05, 0) is 48.7 Å². The van der Waals surface area contributed by atoms with Crippen molar-refractivity contribution >= 4 is 11.9 Å². The first-order valence-corrected chi connectivity index (χ1v) is 9.78. The Labute approximate surface area is 176 Å². The lowest BCUT2D eigenvalue weighted by atomic mass is 10.0. The van der Waals surface area contributed by atoms with Crippen LogP contribution in [0.15, 0.2) is 60.1 Å². The second kappa shape index (κ2) is 10.9. The van der Waals surface area contributed by atoms with E-state index in [1.54, 1.807) is 24.3 Å². The lowest BCUT2D eigenvalue weighted by Gasteiger charge is -2.21. The zero-order chi connectivity index (χ0) is 22.1. The zero-order valence-corrected chi connectivity index (χ0v) is 17.2. The molecule has 0 heterocycles. The van der Waals surface area contributed by atoms with Gasteiger partial charge >= 0.3 is 5.97 Å². The molecule has 2 rings (SSSR count). The number of nitrogens with two attached hydrogens (primary N) is 2. The molecule has 0 fully saturated rings. The van der Waals surface area contributed by atoms with Gasteiger partial charge in [-0.15, -0.1) is 0 Å². The van der Waals surface area contributed by atoms with E-state index in [0.29, 0.717) is 17.9 Å². The highest BCUT2D eigenvalue weighted by atomic mass is 16.5. The van der Waals surface area contributed by atoms with Gasteiger partial charge in [0.1, 0.15) is 5.75 Å². The maximum atomic E-state index is 12.8. The monoisotopic (exact) mass is 412 g/mol. The molecule has 0 aromatic heterocycles. The van der Waals surface area contributed by atoms with E-state index in [9.17, 15) is 9.59 Å². The molecule has 0 bridgehead atoms. The minimum absolute atomic E-state index is 0.0150. The van der Waals surface area contributed by atoms with Crippen LogP contribution in [-0.2, 0) is 4.79 Å². The number of nitrogens with one attached hydrogen (secondary N) is 1. The van der Waals surface area contributed by atoms with Crippen molar-refractivity contribution in [2.24, 2.45) is 11.6 Å². The number of carboxylic acid groups (broad SMARTS) is 1. The van der Waals surface area contributed by atoms with Crippen LogP contribution in [0.2, 0.25) is 0 Å². The first-order valence-electron chi connectivity index (χ1n) is 9.78. The highest BCUT2D eigenvalue weighted by Gasteiger charge is 2.15. The number of ether oxygens (including phenoxy) is 1. The topological polar surface area (TPSA) is 131 Å². The van der Waals surface area contributed by atoms with Gasteiger partial charge in [0.15, 0.2) is 5.70 Å². The van der Waals surface area contributed by atoms with Gasteiger partial charge in [-0.1, -0.05) is 37.6 Å². The SMILES string of the molecule is CCCCN(CC)C(=O)c1cccc(-c2ccc(O/C(N)=C(/NN)C(=O)O)cc2)c1. The predicted molar refractivity (Wildman–Crippen MR) is 115 cm³/mol. The summed E-state index contributed by atoms with van der Waals surface area (Å²) in [5.74, 6) is 3.84. The number of carbonyl (C=O) groups excluding carboxylic acids is 1. The molecule has 1 amide bonds. The third kappa shape index (κ3) is 5.74. The Morgan fingerprint density at radius 2 is 1.80 bits per heavy atom. The number of amides is 1. The summed E-state index contributed by atoms with van der Waals surface area (Å²) >= 11 is 0. The second-order valence-electron chi connectivity index (χ2n) is 6.63. The Bertz CT molecular complexity index is 910. The van der Waals surface area contributed by atoms with Crippen LogP contribution in [0.4, 0.5) is 0 Å². The molecule has 0 aliphatic carbocycles. The van der Waals surface area contributed by atoms with E-state index in [-0.39, 0.29) is 11.8 Å². The maximum absolute atomic E-state index is 12.8. The molecule has 0 aliphatic rings. The molecule has 0 saturated heterocycles. The predicted octanol–water partition coefficient (Wildman–Crippen LogP) is 2.67. The summed E-state index contributed by atoms with van der Waals surface area (Å²) in [6, 6.07) is 14.4. The summed E-state index contributed by atoms with van der Waals surface area (Å²) in [6.07, 6.45) is 2.01. The molecule has 2 aromatic rings. The van der Waals surface area contributed by atoms with Gasteiger partial charge in [0, 0.05) is 18.7 Å². The number of aliphatic carboxylic acids is 1. The van der Waals surface area contributed by atoms with Crippen LogP contribution in [-0.4, -0.2) is 35.0 Å². The fourth-order valence-electron chi connectivity index (χ4n) is 2.90. The van der Waals surface area contributed by atoms with E-state index in [2.05, 4.69) is 6.92 Å². The summed E-state index contributed by atoms with van der Waals surface area (Å²) < 4.78 is 5.34. The van der Waals surface area contributed by atoms with Crippen LogP contribution in [0.25, 0.3) is 11.1 Å². The lowest BCUT2D eigenvalue weighted by Crippen LogP contribution is -2.31. The van der Waals surface area contributed by atoms with Gasteiger partial charge in [0.05, 0.1) is 0 Å². The number of unbranched alkanes of at least 4 members (excludes halogenated alkanes) is 1. The normalized spacial score (nSPS) is 11.4. The van der Waals surface area contributed by atoms with Gasteiger partial charge in [0.2, 0.25) is 5.88 Å². The Hall–Kier alpha value is -3.52. The summed E-state index contributed by atoms with van der Waals surface area (Å²) in [4.78, 5) is 25.7. The lowest BCUT2D eigenvalue weighted by molar-refractivity contribution is -0.133. The number of carboxylic acids is 1. The first kappa shape index (κ1) is 22.8. The summed E-state index contributed by atoms with van der Waals surface area (Å²) in [5.41, 5.74) is 9.60. The Morgan fingerprint density at radius 1 is 1.10 bits per heavy atom. The van der Waals surface area contributed by atoms with Crippen LogP contribution in [0.3, 0.4) is 0 Å². The average molecular weight is 412 g/mol. The Morgan fingerprint density at radius 3 is 2.37 bits per heavy atom. The zero-order valence-electron chi connectivity index (χ0n) is 17.2. The average Bonchev–Trinajstić information content (AvgIpc) is 2.75. The molecular formula is C22H28N4O4. The van der Waals surface area contributed by atoms with E-state index < -0.39 is 11.7 Å². The van der Waals surface area contributed by atoms with Gasteiger partial charge in [0.25, 0.3) is 5.91 Å². The van der Waals surface area contributed by atoms with E-state index in [1.807, 2.05) is 41.5 Å². The molecule has 0 aliphatic heterocycles. The second-order valence-corrected chi connectivity index (χ2v) is 6.63. The summed E-state index contributed by atoms with van der Waals surface area (Å²) in [6.45, 7) is 5.49. The van der Waals surface area contributed by atoms with Gasteiger partial charge in [-0.3, -0.25) is 10.6 Å². The van der Waals surface area contributed by atoms with Gasteiger partial charge < -0.3 is 25.9 Å². The Balaban J connectivity index is 2.20. The van der Waals surface area contributed by atoms with E-state index in [4.69, 9.17) is 21.4 Å². The number of carbonyl (C=O) groups is 2. The number of benzene rings is 2. The third-order valence-electron chi connectivity index (χ3n) is 4.58. The van der Waals surface area contributed by atoms with Crippen LogP contribution in [0, 0.1) is 0 Å². The number of rotatable bonds is 10. The number of hydrazine groups is 1. The van der Waals surface area contributed by atoms with Crippen molar-refractivity contribution < 1.29 is 19.4 Å². The molecule has 2 aromatic carbocycles. The van der Waals surface area contributed by atoms with Crippen molar-refractivity contribution in [1.82, 2.24) is 10.3 Å². The highest BCUT2D eigenvalue weighted by Crippen LogP contribution is 2.24. The number of hydrogen-bond donors (Lipinski definition) is 4. The standard InChI is InChI=1S/C22H28N4O4/c1-3-5-13-26(4-2)21(27)17-8-6-7-16(14-17)15-9-11-18(12-10-15)30-20(23)19(25-24)22(28)29/h6-12,14,25H,3-5,13,23-24H2,1-2H3,(H,28,29)/b20-19+. The largest absolute Gasteiger partial charge is 0.476 e. The fraction of sp³-hybridized carbons (Fsp3) is 0.273. The molecule has 8 nitrogen and oxygen atoms in total. The molecular weight excluding hydrogens is 384 g/mol. The van der Waals surface area contributed by atoms with Crippen molar-refractivity contribution in [2.75, 3.05) is 13.1 Å². The van der Waals surface area contributed by atoms with Crippen molar-refractivity contribution in [2.45, 2.75) is 26.7 Å². The highest BCUT2D eigenvalue weighted by molar-refractivity contribution is 5.95. The quantitative estimate of drug-likeness (QED) is 0.204. The van der Waals surface area contributed by atoms with Crippen LogP contribution in [0.5, 0.6) is 5.75 Å². The van der Waals surface area contributed by atoms with Crippen LogP contribution >= 0.6 is 0 Å². The van der Waals surface area contributed by atoms with E-state index in [0.717, 1.165) is 30.5 Å². The maximum Gasteiger partial charge on any atom is 0.358 e. The van der Waals surface area contributed by atoms with Gasteiger partial charge in [-0.25, -0.2) is 4.79 Å². The first-order chi connectivity index (χ1) is 14.4. The molecule has 0 saturated carbocycles. The number of nitrogens with zero attached hydrogens (tertiary/aromatic N) is 1. The minimum atomic E-state index is -1.33. The Kier molecular flexibility index (Phi) is 8.25. The third-order valence-corrected chi connectivity index (χ3v) is 4.58. The molecule has 30 heavy (non-hydrogen) atoms. The van der Waals surface area contributed by atoms with Crippen molar-refractivity contribution in [3.63, 3.8) is 0 Å². The smallest absolute Gasteiger partial charge is 0.358 e. The molecule has 0 spiro atoms. The van der Waals surface area contributed by atoms with Gasteiger partial charge in [-0.2, -0.15) is 0 Å². The molecule has 6 N–H and O–H groups in total. The van der Waals surface area contributed by atoms with E-state index >= 15 is 0 Å². The molecule has 8 heteroatoms. The summed E-state index contributed by atoms with van der Waals surface area (Å²) in [7, 11) is 0. The van der Waals surface area contributed by atoms with Crippen molar-refractivity contribution in [3.8, 4) is 16.9 Å². The molecule has 160 valence electrons.